The molecule has 11 N–H and O–H groups in total. The van der Waals surface area contributed by atoms with E-state index in [1.54, 1.807) is 0 Å². The number of amides is 3. The highest BCUT2D eigenvalue weighted by Crippen LogP contribution is 2.03. The van der Waals surface area contributed by atoms with Gasteiger partial charge in [0.2, 0.25) is 17.7 Å². The summed E-state index contributed by atoms with van der Waals surface area (Å²) in [5.74, 6) is -4.15. The summed E-state index contributed by atoms with van der Waals surface area (Å²) in [6, 6.07) is -5.60. The Morgan fingerprint density at radius 3 is 1.83 bits per heavy atom. The zero-order valence-electron chi connectivity index (χ0n) is 17.1. The first-order valence-electron chi connectivity index (χ1n) is 9.52. The molecule has 0 aromatic carbocycles. The molecule has 0 radical (unpaired) electrons. The first-order valence-corrected chi connectivity index (χ1v) is 9.52. The molecule has 0 spiro atoms. The number of aliphatic carboxylic acids is 1. The van der Waals surface area contributed by atoms with Crippen LogP contribution in [-0.2, 0) is 19.2 Å². The van der Waals surface area contributed by atoms with Gasteiger partial charge in [-0.2, -0.15) is 0 Å². The smallest absolute Gasteiger partial charge is 0.328 e. The number of nitrogens with one attached hydrogen (secondary N) is 3. The number of rotatable bonds is 14. The lowest BCUT2D eigenvalue weighted by atomic mass is 10.1. The number of carbonyl (C=O) groups excluding carboxylic acids is 3. The highest BCUT2D eigenvalue weighted by atomic mass is 16.4. The molecule has 0 aliphatic rings. The zero-order valence-corrected chi connectivity index (χ0v) is 17.1. The van der Waals surface area contributed by atoms with Crippen molar-refractivity contribution < 1.29 is 39.6 Å². The van der Waals surface area contributed by atoms with E-state index in [9.17, 15) is 34.5 Å². The molecule has 6 atom stereocenters. The number of aliphatic hydroxyl groups is 3. The van der Waals surface area contributed by atoms with Crippen molar-refractivity contribution >= 4 is 23.7 Å². The van der Waals surface area contributed by atoms with Crippen LogP contribution in [0.3, 0.4) is 0 Å². The molecule has 0 saturated heterocycles. The molecule has 30 heavy (non-hydrogen) atoms. The molecule has 0 aromatic heterocycles. The lowest BCUT2D eigenvalue weighted by Crippen LogP contribution is -2.59. The third kappa shape index (κ3) is 9.45. The third-order valence-corrected chi connectivity index (χ3v) is 4.26. The van der Waals surface area contributed by atoms with Gasteiger partial charge in [-0.15, -0.1) is 0 Å². The van der Waals surface area contributed by atoms with Gasteiger partial charge in [0.25, 0.3) is 0 Å². The molecule has 13 heteroatoms. The predicted octanol–water partition coefficient (Wildman–Crippen LogP) is -4.26. The Balaban J connectivity index is 5.23. The lowest BCUT2D eigenvalue weighted by molar-refractivity contribution is -0.145. The molecule has 0 aromatic rings. The molecule has 0 fully saturated rings. The van der Waals surface area contributed by atoms with Gasteiger partial charge in [0.05, 0.1) is 18.8 Å². The maximum absolute atomic E-state index is 12.6. The van der Waals surface area contributed by atoms with E-state index in [4.69, 9.17) is 16.6 Å². The summed E-state index contributed by atoms with van der Waals surface area (Å²) >= 11 is 0. The van der Waals surface area contributed by atoms with Crippen LogP contribution < -0.4 is 27.4 Å². The van der Waals surface area contributed by atoms with E-state index < -0.39 is 66.7 Å². The molecule has 0 rings (SSSR count). The normalized spacial score (nSPS) is 17.0. The second-order valence-corrected chi connectivity index (χ2v) is 6.92. The van der Waals surface area contributed by atoms with Crippen molar-refractivity contribution in [1.29, 1.82) is 0 Å². The second-order valence-electron chi connectivity index (χ2n) is 6.92. The van der Waals surface area contributed by atoms with Crippen LogP contribution in [-0.4, -0.2) is 93.6 Å². The SMILES string of the molecule is CC(O)C(N)C(=O)NC(CCCCN)C(=O)NC(CO)C(=O)NC(C(=O)O)C(C)O. The minimum absolute atomic E-state index is 0.145. The third-order valence-electron chi connectivity index (χ3n) is 4.26. The summed E-state index contributed by atoms with van der Waals surface area (Å²) < 4.78 is 0. The maximum atomic E-state index is 12.6. The van der Waals surface area contributed by atoms with Crippen LogP contribution in [0.25, 0.3) is 0 Å². The highest BCUT2D eigenvalue weighted by molar-refractivity contribution is 5.94. The summed E-state index contributed by atoms with van der Waals surface area (Å²) in [5.41, 5.74) is 11.0. The number of aliphatic hydroxyl groups excluding tert-OH is 3. The van der Waals surface area contributed by atoms with Crippen molar-refractivity contribution in [1.82, 2.24) is 16.0 Å². The van der Waals surface area contributed by atoms with Crippen molar-refractivity contribution in [3.8, 4) is 0 Å². The average Bonchev–Trinajstić information content (AvgIpc) is 2.67. The number of nitrogens with two attached hydrogens (primary N) is 2. The molecule has 0 aliphatic carbocycles. The highest BCUT2D eigenvalue weighted by Gasteiger charge is 2.31. The van der Waals surface area contributed by atoms with Gasteiger partial charge in [0.1, 0.15) is 18.1 Å². The summed E-state index contributed by atoms with van der Waals surface area (Å²) in [5, 5.41) is 43.9. The van der Waals surface area contributed by atoms with Gasteiger partial charge in [-0.25, -0.2) is 4.79 Å². The van der Waals surface area contributed by atoms with Crippen LogP contribution >= 0.6 is 0 Å². The summed E-state index contributed by atoms with van der Waals surface area (Å²) in [7, 11) is 0. The zero-order chi connectivity index (χ0) is 23.4. The van der Waals surface area contributed by atoms with Crippen LogP contribution in [0.4, 0.5) is 0 Å². The number of carboxylic acids is 1. The van der Waals surface area contributed by atoms with E-state index in [0.717, 1.165) is 6.92 Å². The van der Waals surface area contributed by atoms with Gasteiger partial charge in [-0.1, -0.05) is 0 Å². The molecule has 0 saturated carbocycles. The Hall–Kier alpha value is -2.32. The van der Waals surface area contributed by atoms with Crippen molar-refractivity contribution in [3.63, 3.8) is 0 Å². The van der Waals surface area contributed by atoms with Gasteiger partial charge in [-0.3, -0.25) is 14.4 Å². The Morgan fingerprint density at radius 2 is 1.40 bits per heavy atom. The van der Waals surface area contributed by atoms with Gasteiger partial charge < -0.3 is 47.8 Å². The fourth-order valence-corrected chi connectivity index (χ4v) is 2.36. The fourth-order valence-electron chi connectivity index (χ4n) is 2.36. The quantitative estimate of drug-likeness (QED) is 0.119. The Labute approximate surface area is 174 Å². The van der Waals surface area contributed by atoms with Crippen molar-refractivity contribution in [2.45, 2.75) is 69.5 Å². The van der Waals surface area contributed by atoms with Crippen LogP contribution in [0.2, 0.25) is 0 Å². The largest absolute Gasteiger partial charge is 0.480 e. The molecule has 0 aliphatic heterocycles. The minimum atomic E-state index is -1.65. The van der Waals surface area contributed by atoms with Crippen LogP contribution in [0.15, 0.2) is 0 Å². The Kier molecular flexibility index (Phi) is 12.8. The van der Waals surface area contributed by atoms with Crippen LogP contribution in [0.5, 0.6) is 0 Å². The first kappa shape index (κ1) is 27.7. The molecule has 174 valence electrons. The number of hydrogen-bond acceptors (Lipinski definition) is 9. The standard InChI is InChI=1S/C17H33N5O8/c1-8(24)12(19)16(28)20-10(5-3-4-6-18)14(26)21-11(7-23)15(27)22-13(9(2)25)17(29)30/h8-13,23-25H,3-7,18-19H2,1-2H3,(H,20,28)(H,21,26)(H,22,27)(H,29,30). The summed E-state index contributed by atoms with van der Waals surface area (Å²) in [4.78, 5) is 48.0. The molecule has 13 nitrogen and oxygen atoms in total. The number of carboxylic acid groups (broad SMARTS) is 1. The van der Waals surface area contributed by atoms with Gasteiger partial charge in [0, 0.05) is 0 Å². The maximum Gasteiger partial charge on any atom is 0.328 e. The molecular weight excluding hydrogens is 402 g/mol. The Bertz CT molecular complexity index is 586. The van der Waals surface area contributed by atoms with Crippen molar-refractivity contribution in [2.24, 2.45) is 11.5 Å². The molecule has 0 bridgehead atoms. The second kappa shape index (κ2) is 13.8. The molecule has 0 heterocycles. The fraction of sp³-hybridized carbons (Fsp3) is 0.765. The van der Waals surface area contributed by atoms with E-state index in [2.05, 4.69) is 10.6 Å². The van der Waals surface area contributed by atoms with Gasteiger partial charge >= 0.3 is 5.97 Å². The van der Waals surface area contributed by atoms with Crippen LogP contribution in [0.1, 0.15) is 33.1 Å². The average molecular weight is 435 g/mol. The molecular formula is C17H33N5O8. The topological polar surface area (TPSA) is 237 Å². The number of carbonyl (C=O) groups is 4. The summed E-state index contributed by atoms with van der Waals surface area (Å²) in [6.07, 6.45) is -1.43. The summed E-state index contributed by atoms with van der Waals surface area (Å²) in [6.45, 7) is 1.95. The van der Waals surface area contributed by atoms with Gasteiger partial charge in [0.15, 0.2) is 6.04 Å². The van der Waals surface area contributed by atoms with Crippen molar-refractivity contribution in [3.05, 3.63) is 0 Å². The predicted molar refractivity (Wildman–Crippen MR) is 105 cm³/mol. The molecule has 6 unspecified atom stereocenters. The van der Waals surface area contributed by atoms with E-state index in [1.165, 1.54) is 6.92 Å². The van der Waals surface area contributed by atoms with E-state index in [1.807, 2.05) is 5.32 Å². The van der Waals surface area contributed by atoms with E-state index in [-0.39, 0.29) is 6.42 Å². The monoisotopic (exact) mass is 435 g/mol. The lowest BCUT2D eigenvalue weighted by Gasteiger charge is -2.25. The van der Waals surface area contributed by atoms with Crippen LogP contribution in [0, 0.1) is 0 Å². The number of hydrogen-bond donors (Lipinski definition) is 9. The van der Waals surface area contributed by atoms with E-state index in [0.29, 0.717) is 19.4 Å². The number of unbranched alkanes of at least 4 members (excludes halogenated alkanes) is 1. The molecule has 3 amide bonds. The minimum Gasteiger partial charge on any atom is -0.480 e. The van der Waals surface area contributed by atoms with Crippen molar-refractivity contribution in [2.75, 3.05) is 13.2 Å². The van der Waals surface area contributed by atoms with E-state index >= 15 is 0 Å². The van der Waals surface area contributed by atoms with Gasteiger partial charge in [-0.05, 0) is 39.7 Å². The first-order chi connectivity index (χ1) is 14.0. The Morgan fingerprint density at radius 1 is 0.867 bits per heavy atom.